The van der Waals surface area contributed by atoms with Gasteiger partial charge in [-0.05, 0) is 13.8 Å². The van der Waals surface area contributed by atoms with Crippen LogP contribution in [0.15, 0.2) is 24.7 Å². The number of carbonyl (C=O) groups excluding carboxylic acids is 3. The van der Waals surface area contributed by atoms with Gasteiger partial charge < -0.3 is 28.4 Å². The number of hydrogen-bond donors (Lipinski definition) is 0. The summed E-state index contributed by atoms with van der Waals surface area (Å²) in [5, 5.41) is 0. The highest BCUT2D eigenvalue weighted by molar-refractivity contribution is 6.68. The zero-order valence-electron chi connectivity index (χ0n) is 13.9. The lowest BCUT2D eigenvalue weighted by Crippen LogP contribution is -2.40. The van der Waals surface area contributed by atoms with Gasteiger partial charge in [-0.2, -0.15) is 0 Å². The van der Waals surface area contributed by atoms with Crippen LogP contribution in [0, 0.1) is 0 Å². The fourth-order valence-electron chi connectivity index (χ4n) is 0.995. The predicted molar refractivity (Wildman–Crippen MR) is 100 cm³/mol. The first-order valence-corrected chi connectivity index (χ1v) is 9.05. The van der Waals surface area contributed by atoms with Crippen molar-refractivity contribution < 1.29 is 42.8 Å². The minimum atomic E-state index is -2.46. The predicted octanol–water partition coefficient (Wildman–Crippen LogP) is 5.91. The highest BCUT2D eigenvalue weighted by atomic mass is 35.6. The van der Waals surface area contributed by atoms with E-state index in [1.165, 1.54) is 26.0 Å². The zero-order chi connectivity index (χ0) is 22.0. The molecule has 15 heteroatoms. The van der Waals surface area contributed by atoms with Gasteiger partial charge >= 0.3 is 31.0 Å². The number of hydrogen-bond acceptors (Lipinski definition) is 9. The lowest BCUT2D eigenvalue weighted by Gasteiger charge is -2.26. The van der Waals surface area contributed by atoms with E-state index in [1.54, 1.807) is 0 Å². The van der Waals surface area contributed by atoms with Crippen molar-refractivity contribution in [2.75, 3.05) is 0 Å². The molecule has 0 radical (unpaired) electrons. The topological polar surface area (TPSA) is 107 Å². The van der Waals surface area contributed by atoms with E-state index < -0.39 is 38.6 Å². The van der Waals surface area contributed by atoms with E-state index in [-0.39, 0.29) is 0 Å². The highest BCUT2D eigenvalue weighted by Crippen LogP contribution is 2.36. The van der Waals surface area contributed by atoms with Crippen molar-refractivity contribution in [1.82, 2.24) is 0 Å². The summed E-state index contributed by atoms with van der Waals surface area (Å²) in [7, 11) is 0. The Hall–Kier alpha value is -0.970. The van der Waals surface area contributed by atoms with E-state index in [0.717, 1.165) is 12.5 Å². The molecule has 2 atom stereocenters. The molecule has 0 saturated heterocycles. The molecule has 0 aliphatic rings. The smallest absolute Gasteiger partial charge is 0.403 e. The van der Waals surface area contributed by atoms with Gasteiger partial charge in [0.1, 0.15) is 0 Å². The van der Waals surface area contributed by atoms with Crippen molar-refractivity contribution in [2.24, 2.45) is 0 Å². The molecule has 0 rings (SSSR count). The van der Waals surface area contributed by atoms with Gasteiger partial charge in [-0.25, -0.2) is 14.4 Å². The quantitative estimate of drug-likeness (QED) is 0.138. The van der Waals surface area contributed by atoms with Gasteiger partial charge in [0.05, 0.1) is 12.5 Å². The van der Waals surface area contributed by atoms with Crippen molar-refractivity contribution in [1.29, 1.82) is 0 Å². The van der Waals surface area contributed by atoms with Crippen LogP contribution < -0.4 is 0 Å². The third-order valence-corrected chi connectivity index (χ3v) is 3.02. The van der Waals surface area contributed by atoms with E-state index >= 15 is 0 Å². The lowest BCUT2D eigenvalue weighted by molar-refractivity contribution is -0.135. The number of allylic oxidation sites excluding steroid dienone is 2. The maximum Gasteiger partial charge on any atom is 0.516 e. The van der Waals surface area contributed by atoms with E-state index in [2.05, 4.69) is 28.4 Å². The molecular formula is C13H12Cl6O9. The SMILES string of the molecule is CC=COC(=O)OC(OC(=O)OC(OC(=O)OC=CC)C(Cl)(Cl)Cl)C(Cl)(Cl)Cl. The monoisotopic (exact) mass is 522 g/mol. The third kappa shape index (κ3) is 11.8. The fourth-order valence-corrected chi connectivity index (χ4v) is 1.53. The van der Waals surface area contributed by atoms with Gasteiger partial charge in [0.15, 0.2) is 0 Å². The molecule has 0 bridgehead atoms. The summed E-state index contributed by atoms with van der Waals surface area (Å²) in [5.41, 5.74) is 0. The Bertz CT molecular complexity index is 546. The summed E-state index contributed by atoms with van der Waals surface area (Å²) in [4.78, 5) is 34.7. The summed E-state index contributed by atoms with van der Waals surface area (Å²) >= 11 is 33.3. The van der Waals surface area contributed by atoms with E-state index in [4.69, 9.17) is 69.6 Å². The van der Waals surface area contributed by atoms with Crippen molar-refractivity contribution in [3.8, 4) is 0 Å². The molecule has 0 aromatic rings. The summed E-state index contributed by atoms with van der Waals surface area (Å²) in [6.07, 6.45) is -4.18. The van der Waals surface area contributed by atoms with Gasteiger partial charge in [0.2, 0.25) is 0 Å². The van der Waals surface area contributed by atoms with Gasteiger partial charge in [-0.15, -0.1) is 0 Å². The molecule has 0 aliphatic heterocycles. The number of ether oxygens (including phenoxy) is 6. The van der Waals surface area contributed by atoms with E-state index in [1.807, 2.05) is 0 Å². The first-order chi connectivity index (χ1) is 12.8. The highest BCUT2D eigenvalue weighted by Gasteiger charge is 2.44. The Balaban J connectivity index is 5.10. The second-order valence-electron chi connectivity index (χ2n) is 4.14. The molecule has 160 valence electrons. The molecule has 9 nitrogen and oxygen atoms in total. The van der Waals surface area contributed by atoms with Crippen LogP contribution >= 0.6 is 69.6 Å². The standard InChI is InChI=1S/C13H12Cl6O9/c1-3-5-23-9(20)25-7(12(14,15)16)27-11(22)28-8(13(17,18)19)26-10(21)24-6-4-2/h3-8H,1-2H3. The third-order valence-electron chi connectivity index (χ3n) is 1.95. The maximum atomic E-state index is 11.9. The number of halogens is 6. The van der Waals surface area contributed by atoms with Crippen LogP contribution in [0.5, 0.6) is 0 Å². The first kappa shape index (κ1) is 27.0. The summed E-state index contributed by atoms with van der Waals surface area (Å²) in [5.74, 6) is 0. The van der Waals surface area contributed by atoms with E-state index in [0.29, 0.717) is 0 Å². The van der Waals surface area contributed by atoms with Gasteiger partial charge in [0, 0.05) is 0 Å². The minimum Gasteiger partial charge on any atom is -0.403 e. The van der Waals surface area contributed by atoms with Crippen molar-refractivity contribution >= 4 is 88.1 Å². The molecule has 0 spiro atoms. The molecule has 0 heterocycles. The molecule has 0 amide bonds. The Kier molecular flexibility index (Phi) is 12.1. The van der Waals surface area contributed by atoms with Crippen LogP contribution in [0.4, 0.5) is 14.4 Å². The Morgan fingerprint density at radius 3 is 1.18 bits per heavy atom. The zero-order valence-corrected chi connectivity index (χ0v) is 18.4. The van der Waals surface area contributed by atoms with Crippen molar-refractivity contribution in [3.05, 3.63) is 24.7 Å². The Labute approximate surface area is 189 Å². The Morgan fingerprint density at radius 1 is 0.643 bits per heavy atom. The van der Waals surface area contributed by atoms with Crippen LogP contribution in [-0.2, 0) is 28.4 Å². The summed E-state index contributed by atoms with van der Waals surface area (Å²) < 4.78 is 22.0. The molecule has 28 heavy (non-hydrogen) atoms. The minimum absolute atomic E-state index is 0.944. The summed E-state index contributed by atoms with van der Waals surface area (Å²) in [6.45, 7) is 3.07. The number of rotatable bonds is 6. The van der Waals surface area contributed by atoms with Crippen LogP contribution in [0.25, 0.3) is 0 Å². The normalized spacial score (nSPS) is 14.3. The van der Waals surface area contributed by atoms with Crippen LogP contribution in [0.3, 0.4) is 0 Å². The number of carbonyl (C=O) groups is 3. The largest absolute Gasteiger partial charge is 0.516 e. The van der Waals surface area contributed by atoms with Gasteiger partial charge in [-0.3, -0.25) is 0 Å². The Morgan fingerprint density at radius 2 is 0.929 bits per heavy atom. The second kappa shape index (κ2) is 12.6. The second-order valence-corrected chi connectivity index (χ2v) is 8.88. The van der Waals surface area contributed by atoms with Gasteiger partial charge in [-0.1, -0.05) is 81.8 Å². The molecule has 0 aliphatic carbocycles. The van der Waals surface area contributed by atoms with Crippen LogP contribution in [0.2, 0.25) is 0 Å². The van der Waals surface area contributed by atoms with Gasteiger partial charge in [0.25, 0.3) is 7.59 Å². The van der Waals surface area contributed by atoms with Crippen molar-refractivity contribution in [3.63, 3.8) is 0 Å². The molecule has 2 unspecified atom stereocenters. The van der Waals surface area contributed by atoms with Crippen LogP contribution in [-0.4, -0.2) is 38.6 Å². The average Bonchev–Trinajstić information content (AvgIpc) is 2.55. The van der Waals surface area contributed by atoms with Crippen molar-refractivity contribution in [2.45, 2.75) is 34.0 Å². The fraction of sp³-hybridized carbons (Fsp3) is 0.462. The molecule has 0 aromatic heterocycles. The van der Waals surface area contributed by atoms with Crippen LogP contribution in [0.1, 0.15) is 13.8 Å². The number of alkyl halides is 6. The molecule has 0 fully saturated rings. The molecule has 0 N–H and O–H groups in total. The summed E-state index contributed by atoms with van der Waals surface area (Å²) in [6, 6.07) is 0. The molecule has 0 saturated carbocycles. The average molecular weight is 525 g/mol. The first-order valence-electron chi connectivity index (χ1n) is 6.78. The maximum absolute atomic E-state index is 11.9. The molecule has 0 aromatic carbocycles. The lowest BCUT2D eigenvalue weighted by atomic mass is 10.7. The molecular weight excluding hydrogens is 513 g/mol. The van der Waals surface area contributed by atoms with E-state index in [9.17, 15) is 14.4 Å².